The van der Waals surface area contributed by atoms with Crippen LogP contribution < -0.4 is 9.47 Å². The molecule has 0 spiro atoms. The fraction of sp³-hybridized carbons (Fsp3) is 0.455. The van der Waals surface area contributed by atoms with Crippen molar-refractivity contribution in [2.75, 3.05) is 33.4 Å². The first-order valence-corrected chi connectivity index (χ1v) is 10.7. The van der Waals surface area contributed by atoms with Gasteiger partial charge < -0.3 is 23.8 Å². The average Bonchev–Trinajstić information content (AvgIpc) is 3.11. The molecule has 1 aromatic carbocycles. The molecular formula is C22H21B2F3N2O6. The van der Waals surface area contributed by atoms with Gasteiger partial charge in [0.2, 0.25) is 0 Å². The summed E-state index contributed by atoms with van der Waals surface area (Å²) >= 11 is 0. The molecule has 0 unspecified atom stereocenters. The van der Waals surface area contributed by atoms with Gasteiger partial charge in [0.05, 0.1) is 31.5 Å². The van der Waals surface area contributed by atoms with Gasteiger partial charge >= 0.3 is 6.36 Å². The molecule has 2 aromatic rings. The normalized spacial score (nSPS) is 23.5. The van der Waals surface area contributed by atoms with E-state index in [1.807, 2.05) is 6.07 Å². The first-order valence-electron chi connectivity index (χ1n) is 10.7. The minimum absolute atomic E-state index is 0.140. The smallest absolute Gasteiger partial charge is 0.493 e. The Hall–Kier alpha value is -2.76. The van der Waals surface area contributed by atoms with E-state index in [-0.39, 0.29) is 36.1 Å². The van der Waals surface area contributed by atoms with Crippen LogP contribution in [0.1, 0.15) is 22.5 Å². The van der Waals surface area contributed by atoms with Crippen molar-refractivity contribution in [1.82, 2.24) is 9.88 Å². The van der Waals surface area contributed by atoms with Gasteiger partial charge in [0, 0.05) is 24.7 Å². The number of piperidine rings is 1. The van der Waals surface area contributed by atoms with Crippen LogP contribution >= 0.6 is 0 Å². The first-order chi connectivity index (χ1) is 16.5. The lowest BCUT2D eigenvalue weighted by atomic mass is 9.76. The Morgan fingerprint density at radius 2 is 2.03 bits per heavy atom. The zero-order chi connectivity index (χ0) is 25.3. The zero-order valence-corrected chi connectivity index (χ0v) is 18.8. The first kappa shape index (κ1) is 25.3. The molecule has 1 amide bonds. The van der Waals surface area contributed by atoms with Crippen LogP contribution in [0.5, 0.6) is 11.5 Å². The van der Waals surface area contributed by atoms with Crippen LogP contribution in [0.25, 0.3) is 0 Å². The maximum Gasteiger partial charge on any atom is 0.522 e. The number of halogens is 3. The molecule has 0 N–H and O–H groups in total. The van der Waals surface area contributed by atoms with Crippen LogP contribution in [-0.4, -0.2) is 82.9 Å². The van der Waals surface area contributed by atoms with Gasteiger partial charge in [-0.1, -0.05) is 6.07 Å². The number of amides is 1. The van der Waals surface area contributed by atoms with E-state index in [2.05, 4.69) is 9.72 Å². The number of hydrogen-bond acceptors (Lipinski definition) is 7. The minimum atomic E-state index is -4.74. The number of ether oxygens (including phenoxy) is 5. The molecule has 2 aliphatic rings. The van der Waals surface area contributed by atoms with Gasteiger partial charge in [0.1, 0.15) is 34.0 Å². The summed E-state index contributed by atoms with van der Waals surface area (Å²) in [4.78, 5) is 19.2. The number of aromatic nitrogens is 1. The Kier molecular flexibility index (Phi) is 7.03. The van der Waals surface area contributed by atoms with E-state index in [9.17, 15) is 18.0 Å². The number of alkyl halides is 3. The Balaban J connectivity index is 1.46. The predicted molar refractivity (Wildman–Crippen MR) is 117 cm³/mol. The highest BCUT2D eigenvalue weighted by molar-refractivity contribution is 6.38. The molecule has 35 heavy (non-hydrogen) atoms. The number of pyridine rings is 1. The van der Waals surface area contributed by atoms with Crippen LogP contribution in [-0.2, 0) is 19.8 Å². The number of likely N-dealkylation sites (tertiary alicyclic amines) is 1. The summed E-state index contributed by atoms with van der Waals surface area (Å²) in [5, 5.41) is 0. The Labute approximate surface area is 202 Å². The van der Waals surface area contributed by atoms with E-state index in [1.165, 1.54) is 25.3 Å². The predicted octanol–water partition coefficient (Wildman–Crippen LogP) is 2.11. The van der Waals surface area contributed by atoms with Crippen LogP contribution in [0.2, 0.25) is 0 Å². The number of carbonyl (C=O) groups excluding carboxylic acids is 1. The molecule has 2 aliphatic heterocycles. The quantitative estimate of drug-likeness (QED) is 0.437. The number of carbonyl (C=O) groups is 1. The molecule has 2 saturated heterocycles. The summed E-state index contributed by atoms with van der Waals surface area (Å²) in [6.07, 6.45) is -3.44. The van der Waals surface area contributed by atoms with Gasteiger partial charge in [0.15, 0.2) is 11.5 Å². The molecule has 182 valence electrons. The lowest BCUT2D eigenvalue weighted by Crippen LogP contribution is -2.53. The van der Waals surface area contributed by atoms with Crippen molar-refractivity contribution in [3.8, 4) is 11.5 Å². The number of nitrogens with zero attached hydrogens (tertiary/aromatic N) is 2. The summed E-state index contributed by atoms with van der Waals surface area (Å²) in [6.45, 7) is -0.599. The molecule has 13 heteroatoms. The minimum Gasteiger partial charge on any atom is -0.493 e. The Morgan fingerprint density at radius 3 is 2.71 bits per heavy atom. The van der Waals surface area contributed by atoms with E-state index in [1.54, 1.807) is 23.2 Å². The third kappa shape index (κ3) is 5.57. The highest BCUT2D eigenvalue weighted by Crippen LogP contribution is 2.46. The van der Waals surface area contributed by atoms with Gasteiger partial charge in [-0.15, -0.1) is 13.2 Å². The van der Waals surface area contributed by atoms with Crippen LogP contribution in [0, 0.1) is 0 Å². The standard InChI is InChI=1S/C22H21B2F3N2O6/c1-31-16-12-14(5-6-15(16)32-10-11-33-22(25,26)27)19(30)29-9-7-20(17-4-2-3-8-28-17)18(13-29)34-21(23,24)35-20/h2-6,8,12,18H,7,9-11,13H2,1H3/t18-,20-/m1/s1. The number of benzene rings is 1. The van der Waals surface area contributed by atoms with Crippen LogP contribution in [0.3, 0.4) is 0 Å². The largest absolute Gasteiger partial charge is 0.522 e. The maximum atomic E-state index is 13.3. The van der Waals surface area contributed by atoms with Gasteiger partial charge in [-0.05, 0) is 30.3 Å². The van der Waals surface area contributed by atoms with Crippen molar-refractivity contribution in [2.24, 2.45) is 0 Å². The Bertz CT molecular complexity index is 1060. The monoisotopic (exact) mass is 488 g/mol. The molecule has 0 saturated carbocycles. The zero-order valence-electron chi connectivity index (χ0n) is 18.8. The average molecular weight is 488 g/mol. The van der Waals surface area contributed by atoms with Gasteiger partial charge in [-0.3, -0.25) is 14.5 Å². The van der Waals surface area contributed by atoms with E-state index in [0.717, 1.165) is 0 Å². The fourth-order valence-corrected chi connectivity index (χ4v) is 4.24. The topological polar surface area (TPSA) is 79.4 Å². The Morgan fingerprint density at radius 1 is 1.23 bits per heavy atom. The van der Waals surface area contributed by atoms with Gasteiger partial charge in [-0.2, -0.15) is 0 Å². The van der Waals surface area contributed by atoms with Gasteiger partial charge in [0.25, 0.3) is 5.91 Å². The molecule has 4 rings (SSSR count). The number of methoxy groups -OCH3 is 1. The summed E-state index contributed by atoms with van der Waals surface area (Å²) < 4.78 is 62.2. The third-order valence-electron chi connectivity index (χ3n) is 5.73. The second kappa shape index (κ2) is 9.71. The third-order valence-corrected chi connectivity index (χ3v) is 5.73. The summed E-state index contributed by atoms with van der Waals surface area (Å²) in [6, 6.07) is 9.76. The lowest BCUT2D eigenvalue weighted by Gasteiger charge is -2.41. The second-order valence-electron chi connectivity index (χ2n) is 8.04. The number of fused-ring (bicyclic) bond motifs is 1. The SMILES string of the molecule is [B]C1([B])O[C@@H]2CN(C(=O)c3ccc(OCCOC(F)(F)F)c(OC)c3)CC[C@]2(c2ccccn2)O1. The number of rotatable bonds is 7. The van der Waals surface area contributed by atoms with E-state index >= 15 is 0 Å². The van der Waals surface area contributed by atoms with Crippen LogP contribution in [0.15, 0.2) is 42.6 Å². The second-order valence-corrected chi connectivity index (χ2v) is 8.04. The molecule has 2 atom stereocenters. The molecular weight excluding hydrogens is 467 g/mol. The van der Waals surface area contributed by atoms with E-state index in [0.29, 0.717) is 18.7 Å². The van der Waals surface area contributed by atoms with Crippen molar-refractivity contribution in [2.45, 2.75) is 30.1 Å². The molecule has 1 aromatic heterocycles. The van der Waals surface area contributed by atoms with E-state index < -0.39 is 30.3 Å². The molecule has 4 radical (unpaired) electrons. The summed E-state index contributed by atoms with van der Waals surface area (Å²) in [7, 11) is 13.2. The number of hydrogen-bond donors (Lipinski definition) is 0. The molecule has 8 nitrogen and oxygen atoms in total. The summed E-state index contributed by atoms with van der Waals surface area (Å²) in [5.74, 6) is 0.0392. The highest BCUT2D eigenvalue weighted by Gasteiger charge is 2.57. The maximum absolute atomic E-state index is 13.3. The van der Waals surface area contributed by atoms with Crippen molar-refractivity contribution in [3.05, 3.63) is 53.9 Å². The van der Waals surface area contributed by atoms with Crippen molar-refractivity contribution in [3.63, 3.8) is 0 Å². The molecule has 3 heterocycles. The molecule has 2 fully saturated rings. The molecule has 0 bridgehead atoms. The van der Waals surface area contributed by atoms with Gasteiger partial charge in [-0.25, -0.2) is 0 Å². The summed E-state index contributed by atoms with van der Waals surface area (Å²) in [5.41, 5.74) is -1.95. The van der Waals surface area contributed by atoms with Crippen LogP contribution in [0.4, 0.5) is 13.2 Å². The van der Waals surface area contributed by atoms with Crippen molar-refractivity contribution in [1.29, 1.82) is 0 Å². The van der Waals surface area contributed by atoms with Crippen molar-refractivity contribution >= 4 is 21.6 Å². The molecule has 0 aliphatic carbocycles. The van der Waals surface area contributed by atoms with Crippen molar-refractivity contribution < 1.29 is 41.7 Å². The van der Waals surface area contributed by atoms with E-state index in [4.69, 9.17) is 34.6 Å². The fourth-order valence-electron chi connectivity index (χ4n) is 4.24. The highest BCUT2D eigenvalue weighted by atomic mass is 19.4. The lowest BCUT2D eigenvalue weighted by molar-refractivity contribution is -0.325.